The van der Waals surface area contributed by atoms with Gasteiger partial charge in [-0.2, -0.15) is 5.10 Å². The van der Waals surface area contributed by atoms with Gasteiger partial charge < -0.3 is 21.1 Å². The smallest absolute Gasteiger partial charge is 0.334 e. The van der Waals surface area contributed by atoms with Crippen LogP contribution in [0.5, 0.6) is 0 Å². The number of H-pyrrole nitrogens is 1. The molecule has 2 amide bonds. The molecule has 0 saturated carbocycles. The van der Waals surface area contributed by atoms with Gasteiger partial charge in [-0.15, -0.1) is 11.3 Å². The lowest BCUT2D eigenvalue weighted by molar-refractivity contribution is 0.0364. The van der Waals surface area contributed by atoms with Crippen molar-refractivity contribution in [3.05, 3.63) is 46.3 Å². The topological polar surface area (TPSA) is 146 Å². The molecule has 2 aromatic heterocycles. The molecule has 11 nitrogen and oxygen atoms in total. The third-order valence-electron chi connectivity index (χ3n) is 7.71. The summed E-state index contributed by atoms with van der Waals surface area (Å²) in [7, 11) is 0. The van der Waals surface area contributed by atoms with Crippen molar-refractivity contribution in [2.45, 2.75) is 18.0 Å². The Morgan fingerprint density at radius 3 is 2.73 bits per heavy atom. The number of benzene rings is 1. The number of nitrogens with zero attached hydrogens (tertiary/aromatic N) is 3. The number of aromatic nitrogens is 2. The number of fused-ring (bicyclic) bond motifs is 5. The molecule has 2 bridgehead atoms. The number of hydrogen-bond acceptors (Lipinski definition) is 9. The van der Waals surface area contributed by atoms with E-state index in [0.717, 1.165) is 17.8 Å². The molecule has 5 heterocycles. The largest absolute Gasteiger partial charge is 0.379 e. The Bertz CT molecular complexity index is 1450. The second-order valence-electron chi connectivity index (χ2n) is 9.81. The lowest BCUT2D eigenvalue weighted by Gasteiger charge is -2.36. The van der Waals surface area contributed by atoms with Gasteiger partial charge in [0.2, 0.25) is 0 Å². The van der Waals surface area contributed by atoms with E-state index in [9.17, 15) is 14.4 Å². The second-order valence-corrected chi connectivity index (χ2v) is 10.9. The van der Waals surface area contributed by atoms with E-state index in [1.807, 2.05) is 18.2 Å². The zero-order valence-electron chi connectivity index (χ0n) is 19.9. The first-order valence-electron chi connectivity index (χ1n) is 12.3. The number of carbonyl (C=O) groups is 3. The fourth-order valence-corrected chi connectivity index (χ4v) is 6.99. The summed E-state index contributed by atoms with van der Waals surface area (Å²) in [5, 5.41) is 17.4. The van der Waals surface area contributed by atoms with E-state index in [1.165, 1.54) is 16.3 Å². The average Bonchev–Trinajstić information content (AvgIpc) is 3.73. The Labute approximate surface area is 215 Å². The summed E-state index contributed by atoms with van der Waals surface area (Å²) in [6.07, 6.45) is 0.786. The van der Waals surface area contributed by atoms with Crippen LogP contribution in [0.15, 0.2) is 30.3 Å². The SMILES string of the molecule is NC(=O)N(c1cccc2c1C(=O)c1c-2n[nH]c1-c1ccc(C(=O)[C@]23CN[C@H](CN2)C3)s1)N1CCOCC1. The molecular formula is C25H25N7O4S. The fraction of sp³-hybridized carbons (Fsp3) is 0.360. The van der Waals surface area contributed by atoms with Crippen molar-refractivity contribution in [2.75, 3.05) is 44.4 Å². The number of aromatic amines is 1. The number of nitrogens with one attached hydrogen (secondary N) is 3. The molecule has 7 rings (SSSR count). The predicted octanol–water partition coefficient (Wildman–Crippen LogP) is 1.37. The Hall–Kier alpha value is -3.42. The Balaban J connectivity index is 1.24. The molecule has 3 fully saturated rings. The number of ketones is 2. The minimum atomic E-state index is -0.667. The van der Waals surface area contributed by atoms with Crippen LogP contribution in [0.1, 0.15) is 32.0 Å². The molecule has 1 aliphatic carbocycles. The van der Waals surface area contributed by atoms with Gasteiger partial charge in [-0.05, 0) is 24.6 Å². The predicted molar refractivity (Wildman–Crippen MR) is 137 cm³/mol. The van der Waals surface area contributed by atoms with Gasteiger partial charge in [0, 0.05) is 37.8 Å². The van der Waals surface area contributed by atoms with Crippen molar-refractivity contribution in [3.63, 3.8) is 0 Å². The number of hydrazine groups is 1. The molecule has 2 atom stereocenters. The van der Waals surface area contributed by atoms with Gasteiger partial charge >= 0.3 is 6.03 Å². The van der Waals surface area contributed by atoms with Gasteiger partial charge in [0.1, 0.15) is 5.69 Å². The highest BCUT2D eigenvalue weighted by Crippen LogP contribution is 2.45. The molecule has 0 spiro atoms. The number of nitrogens with two attached hydrogens (primary N) is 1. The van der Waals surface area contributed by atoms with E-state index in [0.29, 0.717) is 77.5 Å². The van der Waals surface area contributed by atoms with E-state index in [2.05, 4.69) is 20.8 Å². The first-order valence-corrected chi connectivity index (χ1v) is 13.1. The number of primary amides is 1. The van der Waals surface area contributed by atoms with Crippen LogP contribution in [0.3, 0.4) is 0 Å². The van der Waals surface area contributed by atoms with E-state index < -0.39 is 11.6 Å². The number of piperazine rings is 1. The summed E-state index contributed by atoms with van der Waals surface area (Å²) in [6.45, 7) is 3.31. The van der Waals surface area contributed by atoms with Crippen LogP contribution in [-0.2, 0) is 4.74 Å². The molecule has 190 valence electrons. The van der Waals surface area contributed by atoms with Crippen LogP contribution in [-0.4, -0.2) is 83.8 Å². The van der Waals surface area contributed by atoms with Gasteiger partial charge in [0.05, 0.1) is 51.0 Å². The molecule has 1 aromatic carbocycles. The number of urea groups is 1. The number of carbonyl (C=O) groups excluding carboxylic acids is 3. The summed E-state index contributed by atoms with van der Waals surface area (Å²) in [4.78, 5) is 41.2. The van der Waals surface area contributed by atoms with Crippen LogP contribution in [0, 0.1) is 0 Å². The first kappa shape index (κ1) is 22.8. The van der Waals surface area contributed by atoms with Gasteiger partial charge in [-0.1, -0.05) is 12.1 Å². The zero-order chi connectivity index (χ0) is 25.3. The molecule has 37 heavy (non-hydrogen) atoms. The number of amides is 2. The van der Waals surface area contributed by atoms with Crippen molar-refractivity contribution in [1.82, 2.24) is 25.8 Å². The molecule has 3 aromatic rings. The van der Waals surface area contributed by atoms with Crippen LogP contribution < -0.4 is 21.4 Å². The lowest BCUT2D eigenvalue weighted by Crippen LogP contribution is -2.54. The van der Waals surface area contributed by atoms with Crippen LogP contribution in [0.25, 0.3) is 21.8 Å². The molecule has 3 saturated heterocycles. The van der Waals surface area contributed by atoms with E-state index in [-0.39, 0.29) is 11.6 Å². The maximum absolute atomic E-state index is 13.9. The molecule has 12 heteroatoms. The number of anilines is 1. The third kappa shape index (κ3) is 3.33. The Kier molecular flexibility index (Phi) is 5.10. The quantitative estimate of drug-likeness (QED) is 0.289. The summed E-state index contributed by atoms with van der Waals surface area (Å²) in [5.41, 5.74) is 8.23. The number of thiophene rings is 1. The van der Waals surface area contributed by atoms with Gasteiger partial charge in [-0.25, -0.2) is 14.8 Å². The lowest BCUT2D eigenvalue weighted by atomic mass is 9.93. The van der Waals surface area contributed by atoms with Gasteiger partial charge in [-0.3, -0.25) is 14.7 Å². The third-order valence-corrected chi connectivity index (χ3v) is 8.81. The number of ether oxygens (including phenoxy) is 1. The highest BCUT2D eigenvalue weighted by molar-refractivity contribution is 7.17. The molecule has 5 N–H and O–H groups in total. The fourth-order valence-electron chi connectivity index (χ4n) is 5.94. The van der Waals surface area contributed by atoms with Crippen molar-refractivity contribution in [3.8, 4) is 21.8 Å². The van der Waals surface area contributed by atoms with Crippen molar-refractivity contribution in [2.24, 2.45) is 5.73 Å². The zero-order valence-corrected chi connectivity index (χ0v) is 20.7. The summed E-state index contributed by atoms with van der Waals surface area (Å²) in [6, 6.07) is 8.69. The van der Waals surface area contributed by atoms with E-state index in [4.69, 9.17) is 10.5 Å². The van der Waals surface area contributed by atoms with Gasteiger partial charge in [0.25, 0.3) is 0 Å². The normalized spacial score (nSPS) is 24.3. The average molecular weight is 520 g/mol. The number of rotatable bonds is 5. The molecule has 3 aliphatic heterocycles. The minimum absolute atomic E-state index is 0.0759. The Morgan fingerprint density at radius 1 is 1.19 bits per heavy atom. The summed E-state index contributed by atoms with van der Waals surface area (Å²) < 4.78 is 5.42. The number of morpholine rings is 1. The standard InChI is InChI=1S/C25H25N7O4S/c26-24(35)32(31-6-8-36-9-7-31)15-3-1-2-14-18(15)22(33)19-20(14)29-30-21(19)16-4-5-17(37-16)23(34)25-10-13(11-28-25)27-12-25/h1-5,13,27-28H,6-12H2,(H2,26,35)(H,29,30)/t13-,25-/m0/s1. The maximum Gasteiger partial charge on any atom is 0.334 e. The molecular weight excluding hydrogens is 494 g/mol. The van der Waals surface area contributed by atoms with Crippen molar-refractivity contribution < 1.29 is 19.1 Å². The van der Waals surface area contributed by atoms with E-state index >= 15 is 0 Å². The van der Waals surface area contributed by atoms with E-state index in [1.54, 1.807) is 17.1 Å². The monoisotopic (exact) mass is 519 g/mol. The van der Waals surface area contributed by atoms with Gasteiger partial charge in [0.15, 0.2) is 11.6 Å². The second kappa shape index (κ2) is 8.30. The molecule has 4 aliphatic rings. The first-order chi connectivity index (χ1) is 18.0. The highest BCUT2D eigenvalue weighted by Gasteiger charge is 2.50. The highest BCUT2D eigenvalue weighted by atomic mass is 32.1. The number of Topliss-reactive ketones (excluding diaryl/α,β-unsaturated/α-hetero) is 1. The molecule has 0 radical (unpaired) electrons. The summed E-state index contributed by atoms with van der Waals surface area (Å²) >= 11 is 1.36. The molecule has 0 unspecified atom stereocenters. The van der Waals surface area contributed by atoms with Crippen LogP contribution in [0.2, 0.25) is 0 Å². The Morgan fingerprint density at radius 2 is 2.03 bits per heavy atom. The number of hydrogen-bond donors (Lipinski definition) is 4. The maximum atomic E-state index is 13.9. The van der Waals surface area contributed by atoms with Crippen LogP contribution in [0.4, 0.5) is 10.5 Å². The van der Waals surface area contributed by atoms with Crippen LogP contribution >= 0.6 is 11.3 Å². The summed E-state index contributed by atoms with van der Waals surface area (Å²) in [5.74, 6) is -0.157. The van der Waals surface area contributed by atoms with Crippen molar-refractivity contribution >= 4 is 34.6 Å². The minimum Gasteiger partial charge on any atom is -0.379 e. The van der Waals surface area contributed by atoms with Crippen molar-refractivity contribution in [1.29, 1.82) is 0 Å².